The van der Waals surface area contributed by atoms with E-state index in [2.05, 4.69) is 0 Å². The van der Waals surface area contributed by atoms with E-state index < -0.39 is 0 Å². The second-order valence-corrected chi connectivity index (χ2v) is 3.56. The minimum absolute atomic E-state index is 0.426. The van der Waals surface area contributed by atoms with Gasteiger partial charge < -0.3 is 15.4 Å². The Bertz CT molecular complexity index is 328. The molecule has 2 N–H and O–H groups in total. The quantitative estimate of drug-likeness (QED) is 0.783. The van der Waals surface area contributed by atoms with Crippen molar-refractivity contribution in [3.05, 3.63) is 22.7 Å². The molecule has 0 aliphatic carbocycles. The van der Waals surface area contributed by atoms with Crippen LogP contribution >= 0.6 is 11.6 Å². The zero-order valence-electron chi connectivity index (χ0n) is 8.67. The van der Waals surface area contributed by atoms with Crippen molar-refractivity contribution in [2.24, 2.45) is 5.73 Å². The normalized spacial score (nSPS) is 10.1. The van der Waals surface area contributed by atoms with Crippen molar-refractivity contribution in [1.29, 1.82) is 0 Å². The van der Waals surface area contributed by atoms with E-state index in [1.54, 1.807) is 7.11 Å². The molecule has 1 aromatic carbocycles. The Labute approximate surface area is 89.4 Å². The van der Waals surface area contributed by atoms with Gasteiger partial charge in [-0.15, -0.1) is 0 Å². The third-order valence-corrected chi connectivity index (χ3v) is 2.55. The molecule has 0 aromatic heterocycles. The standard InChI is InChI=1S/C10H15ClN2O/c1-7-4-10(14-3)9(5-8(7)11)13(2)6-12/h4-5H,6,12H2,1-3H3. The lowest BCUT2D eigenvalue weighted by Gasteiger charge is -2.20. The van der Waals surface area contributed by atoms with E-state index in [0.29, 0.717) is 6.67 Å². The molecule has 0 atom stereocenters. The molecule has 0 fully saturated rings. The first-order valence-electron chi connectivity index (χ1n) is 4.35. The summed E-state index contributed by atoms with van der Waals surface area (Å²) in [6.45, 7) is 2.37. The first kappa shape index (κ1) is 11.1. The molecule has 1 aromatic rings. The molecule has 0 spiro atoms. The van der Waals surface area contributed by atoms with Crippen molar-refractivity contribution in [1.82, 2.24) is 0 Å². The molecule has 14 heavy (non-hydrogen) atoms. The predicted molar refractivity (Wildman–Crippen MR) is 60.2 cm³/mol. The lowest BCUT2D eigenvalue weighted by Crippen LogP contribution is -2.25. The van der Waals surface area contributed by atoms with Crippen LogP contribution in [0.2, 0.25) is 5.02 Å². The Morgan fingerprint density at radius 3 is 2.64 bits per heavy atom. The summed E-state index contributed by atoms with van der Waals surface area (Å²) < 4.78 is 5.25. The van der Waals surface area contributed by atoms with E-state index in [0.717, 1.165) is 22.0 Å². The zero-order chi connectivity index (χ0) is 10.7. The highest BCUT2D eigenvalue weighted by Gasteiger charge is 2.09. The van der Waals surface area contributed by atoms with Gasteiger partial charge in [0.2, 0.25) is 0 Å². The maximum Gasteiger partial charge on any atom is 0.142 e. The highest BCUT2D eigenvalue weighted by atomic mass is 35.5. The number of benzene rings is 1. The number of methoxy groups -OCH3 is 1. The highest BCUT2D eigenvalue weighted by Crippen LogP contribution is 2.32. The summed E-state index contributed by atoms with van der Waals surface area (Å²) in [6, 6.07) is 3.77. The number of hydrogen-bond donors (Lipinski definition) is 1. The summed E-state index contributed by atoms with van der Waals surface area (Å²) in [6.07, 6.45) is 0. The van der Waals surface area contributed by atoms with Gasteiger partial charge in [-0.2, -0.15) is 0 Å². The molecule has 0 bridgehead atoms. The largest absolute Gasteiger partial charge is 0.495 e. The van der Waals surface area contributed by atoms with E-state index in [-0.39, 0.29) is 0 Å². The van der Waals surface area contributed by atoms with Crippen molar-refractivity contribution in [2.45, 2.75) is 6.92 Å². The summed E-state index contributed by atoms with van der Waals surface area (Å²) in [5.41, 5.74) is 7.45. The van der Waals surface area contributed by atoms with E-state index in [4.69, 9.17) is 22.1 Å². The number of nitrogens with zero attached hydrogens (tertiary/aromatic N) is 1. The third-order valence-electron chi connectivity index (χ3n) is 2.15. The molecule has 3 nitrogen and oxygen atoms in total. The Balaban J connectivity index is 3.19. The van der Waals surface area contributed by atoms with Gasteiger partial charge in [-0.1, -0.05) is 11.6 Å². The van der Waals surface area contributed by atoms with Crippen LogP contribution in [0.3, 0.4) is 0 Å². The third kappa shape index (κ3) is 2.11. The van der Waals surface area contributed by atoms with Gasteiger partial charge in [-0.25, -0.2) is 0 Å². The number of halogens is 1. The van der Waals surface area contributed by atoms with E-state index in [1.807, 2.05) is 31.0 Å². The van der Waals surface area contributed by atoms with Gasteiger partial charge >= 0.3 is 0 Å². The predicted octanol–water partition coefficient (Wildman–Crippen LogP) is 2.01. The molecular weight excluding hydrogens is 200 g/mol. The topological polar surface area (TPSA) is 38.5 Å². The fourth-order valence-corrected chi connectivity index (χ4v) is 1.36. The van der Waals surface area contributed by atoms with Gasteiger partial charge in [0.1, 0.15) is 5.75 Å². The maximum atomic E-state index is 6.02. The van der Waals surface area contributed by atoms with E-state index in [1.165, 1.54) is 0 Å². The van der Waals surface area contributed by atoms with Crippen LogP contribution in [-0.2, 0) is 0 Å². The average molecular weight is 215 g/mol. The molecule has 78 valence electrons. The maximum absolute atomic E-state index is 6.02. The van der Waals surface area contributed by atoms with Crippen LogP contribution < -0.4 is 15.4 Å². The van der Waals surface area contributed by atoms with Gasteiger partial charge in [0.25, 0.3) is 0 Å². The molecule has 1 rings (SSSR count). The minimum atomic E-state index is 0.426. The lowest BCUT2D eigenvalue weighted by atomic mass is 10.2. The molecule has 0 saturated carbocycles. The van der Waals surface area contributed by atoms with Crippen molar-refractivity contribution in [2.75, 3.05) is 25.7 Å². The van der Waals surface area contributed by atoms with Crippen LogP contribution in [0.4, 0.5) is 5.69 Å². The number of ether oxygens (including phenoxy) is 1. The zero-order valence-corrected chi connectivity index (χ0v) is 9.43. The van der Waals surface area contributed by atoms with Gasteiger partial charge in [0.05, 0.1) is 19.5 Å². The minimum Gasteiger partial charge on any atom is -0.495 e. The fourth-order valence-electron chi connectivity index (χ4n) is 1.20. The lowest BCUT2D eigenvalue weighted by molar-refractivity contribution is 0.414. The summed E-state index contributed by atoms with van der Waals surface area (Å²) in [5.74, 6) is 0.792. The monoisotopic (exact) mass is 214 g/mol. The molecule has 0 heterocycles. The van der Waals surface area contributed by atoms with Gasteiger partial charge in [-0.3, -0.25) is 0 Å². The second-order valence-electron chi connectivity index (χ2n) is 3.15. The Morgan fingerprint density at radius 2 is 2.14 bits per heavy atom. The molecule has 0 saturated heterocycles. The molecule has 0 aliphatic heterocycles. The number of hydrogen-bond acceptors (Lipinski definition) is 3. The van der Waals surface area contributed by atoms with Gasteiger partial charge in [0, 0.05) is 12.1 Å². The molecule has 0 amide bonds. The Kier molecular flexibility index (Phi) is 3.61. The first-order chi connectivity index (χ1) is 6.60. The van der Waals surface area contributed by atoms with Crippen molar-refractivity contribution in [3.63, 3.8) is 0 Å². The van der Waals surface area contributed by atoms with Crippen molar-refractivity contribution >= 4 is 17.3 Å². The summed E-state index contributed by atoms with van der Waals surface area (Å²) in [4.78, 5) is 1.88. The van der Waals surface area contributed by atoms with Crippen LogP contribution in [-0.4, -0.2) is 20.8 Å². The van der Waals surface area contributed by atoms with Crippen LogP contribution in [0.25, 0.3) is 0 Å². The fraction of sp³-hybridized carbons (Fsp3) is 0.400. The number of rotatable bonds is 3. The SMILES string of the molecule is COc1cc(C)c(Cl)cc1N(C)CN. The van der Waals surface area contributed by atoms with Gasteiger partial charge in [-0.05, 0) is 24.6 Å². The molecular formula is C10H15ClN2O. The van der Waals surface area contributed by atoms with Crippen LogP contribution in [0.1, 0.15) is 5.56 Å². The summed E-state index contributed by atoms with van der Waals surface area (Å²) >= 11 is 6.02. The molecule has 0 radical (unpaired) electrons. The average Bonchev–Trinajstić information content (AvgIpc) is 2.20. The number of aryl methyl sites for hydroxylation is 1. The van der Waals surface area contributed by atoms with Crippen LogP contribution in [0.15, 0.2) is 12.1 Å². The molecule has 0 unspecified atom stereocenters. The smallest absolute Gasteiger partial charge is 0.142 e. The molecule has 4 heteroatoms. The Morgan fingerprint density at radius 1 is 1.50 bits per heavy atom. The van der Waals surface area contributed by atoms with Crippen LogP contribution in [0.5, 0.6) is 5.75 Å². The Hall–Kier alpha value is -0.930. The first-order valence-corrected chi connectivity index (χ1v) is 4.73. The molecule has 0 aliphatic rings. The van der Waals surface area contributed by atoms with E-state index >= 15 is 0 Å². The summed E-state index contributed by atoms with van der Waals surface area (Å²) in [7, 11) is 3.53. The summed E-state index contributed by atoms with van der Waals surface area (Å²) in [5, 5.41) is 0.723. The van der Waals surface area contributed by atoms with E-state index in [9.17, 15) is 0 Å². The second kappa shape index (κ2) is 4.53. The van der Waals surface area contributed by atoms with Crippen molar-refractivity contribution < 1.29 is 4.74 Å². The highest BCUT2D eigenvalue weighted by molar-refractivity contribution is 6.31. The van der Waals surface area contributed by atoms with Crippen LogP contribution in [0, 0.1) is 6.92 Å². The van der Waals surface area contributed by atoms with Gasteiger partial charge in [0.15, 0.2) is 0 Å². The van der Waals surface area contributed by atoms with Crippen molar-refractivity contribution in [3.8, 4) is 5.75 Å². The number of anilines is 1. The number of nitrogens with two attached hydrogens (primary N) is 1.